The van der Waals surface area contributed by atoms with Crippen LogP contribution in [0.1, 0.15) is 68.1 Å². The molecule has 1 spiro atoms. The van der Waals surface area contributed by atoms with Gasteiger partial charge >= 0.3 is 0 Å². The molecule has 0 N–H and O–H groups in total. The van der Waals surface area contributed by atoms with Gasteiger partial charge in [-0.2, -0.15) is 0 Å². The topological polar surface area (TPSA) is 40.6 Å². The second kappa shape index (κ2) is 8.63. The molecule has 0 aromatic heterocycles. The molecular weight excluding hydrogens is 391 g/mol. The highest BCUT2D eigenvalue weighted by molar-refractivity contribution is 6.31. The minimum absolute atomic E-state index is 0.0183. The summed E-state index contributed by atoms with van der Waals surface area (Å²) in [6.45, 7) is 3.21. The Labute approximate surface area is 177 Å². The summed E-state index contributed by atoms with van der Waals surface area (Å²) in [7, 11) is 0. The molecule has 3 aliphatic rings. The fourth-order valence-corrected chi connectivity index (χ4v) is 5.82. The number of nitrogens with zero attached hydrogens (tertiary/aromatic N) is 2. The van der Waals surface area contributed by atoms with Gasteiger partial charge in [-0.1, -0.05) is 30.9 Å². The molecule has 0 bridgehead atoms. The molecule has 158 valence electrons. The van der Waals surface area contributed by atoms with Crippen LogP contribution in [0.2, 0.25) is 5.02 Å². The maximum Gasteiger partial charge on any atom is 0.253 e. The van der Waals surface area contributed by atoms with Gasteiger partial charge < -0.3 is 9.80 Å². The normalized spacial score (nSPS) is 23.7. The number of halogens is 2. The van der Waals surface area contributed by atoms with Gasteiger partial charge in [-0.3, -0.25) is 9.59 Å². The average Bonchev–Trinajstić information content (AvgIpc) is 3.37. The molecule has 2 saturated heterocycles. The molecule has 3 fully saturated rings. The van der Waals surface area contributed by atoms with Gasteiger partial charge in [0.15, 0.2) is 0 Å². The smallest absolute Gasteiger partial charge is 0.253 e. The lowest BCUT2D eigenvalue weighted by molar-refractivity contribution is -0.130. The third-order valence-corrected chi connectivity index (χ3v) is 7.57. The van der Waals surface area contributed by atoms with Crippen LogP contribution in [-0.4, -0.2) is 47.8 Å². The van der Waals surface area contributed by atoms with E-state index in [2.05, 4.69) is 0 Å². The van der Waals surface area contributed by atoms with E-state index in [1.165, 1.54) is 37.5 Å². The zero-order chi connectivity index (χ0) is 20.4. The van der Waals surface area contributed by atoms with E-state index in [1.807, 2.05) is 9.80 Å². The summed E-state index contributed by atoms with van der Waals surface area (Å²) in [5, 5.41) is -0.0183. The summed E-state index contributed by atoms with van der Waals surface area (Å²) in [6.07, 6.45) is 9.56. The van der Waals surface area contributed by atoms with Crippen LogP contribution < -0.4 is 0 Å². The third-order valence-electron chi connectivity index (χ3n) is 7.28. The molecule has 1 atom stereocenters. The number of likely N-dealkylation sites (tertiary alicyclic amines) is 2. The SMILES string of the molecule is O=C(CCC1CN(C(=O)c2ccc(F)c(Cl)c2)CC12CCCCC2)N1CCCC1. The van der Waals surface area contributed by atoms with Crippen molar-refractivity contribution in [2.75, 3.05) is 26.2 Å². The van der Waals surface area contributed by atoms with Crippen molar-refractivity contribution in [3.8, 4) is 0 Å². The summed E-state index contributed by atoms with van der Waals surface area (Å²) in [5.41, 5.74) is 0.569. The summed E-state index contributed by atoms with van der Waals surface area (Å²) >= 11 is 5.89. The van der Waals surface area contributed by atoms with Crippen molar-refractivity contribution < 1.29 is 14.0 Å². The van der Waals surface area contributed by atoms with Crippen molar-refractivity contribution in [1.29, 1.82) is 0 Å². The van der Waals surface area contributed by atoms with Gasteiger partial charge in [0.25, 0.3) is 5.91 Å². The molecule has 1 aromatic rings. The molecule has 1 aromatic carbocycles. The molecule has 0 radical (unpaired) electrons. The lowest BCUT2D eigenvalue weighted by atomic mass is 9.66. The van der Waals surface area contributed by atoms with E-state index in [-0.39, 0.29) is 22.3 Å². The van der Waals surface area contributed by atoms with Crippen molar-refractivity contribution >= 4 is 23.4 Å². The highest BCUT2D eigenvalue weighted by atomic mass is 35.5. The molecule has 1 unspecified atom stereocenters. The fourth-order valence-electron chi connectivity index (χ4n) is 5.64. The predicted molar refractivity (Wildman–Crippen MR) is 111 cm³/mol. The molecule has 29 heavy (non-hydrogen) atoms. The van der Waals surface area contributed by atoms with Gasteiger partial charge in [0.1, 0.15) is 5.82 Å². The van der Waals surface area contributed by atoms with Crippen LogP contribution in [0.15, 0.2) is 18.2 Å². The van der Waals surface area contributed by atoms with Crippen molar-refractivity contribution in [2.45, 2.75) is 57.8 Å². The molecule has 2 heterocycles. The van der Waals surface area contributed by atoms with E-state index < -0.39 is 5.82 Å². The second-order valence-electron chi connectivity index (χ2n) is 9.06. The van der Waals surface area contributed by atoms with Crippen LogP contribution >= 0.6 is 11.6 Å². The highest BCUT2D eigenvalue weighted by Crippen LogP contribution is 2.49. The Morgan fingerprint density at radius 3 is 2.48 bits per heavy atom. The van der Waals surface area contributed by atoms with Gasteiger partial charge in [-0.15, -0.1) is 0 Å². The van der Waals surface area contributed by atoms with Crippen LogP contribution in [0.3, 0.4) is 0 Å². The van der Waals surface area contributed by atoms with E-state index in [9.17, 15) is 14.0 Å². The molecular formula is C23H30ClFN2O2. The first-order valence-corrected chi connectivity index (χ1v) is 11.4. The van der Waals surface area contributed by atoms with Crippen LogP contribution in [0.4, 0.5) is 4.39 Å². The number of hydrogen-bond acceptors (Lipinski definition) is 2. The number of rotatable bonds is 4. The Bertz CT molecular complexity index is 772. The molecule has 2 amide bonds. The predicted octanol–water partition coefficient (Wildman–Crippen LogP) is 4.90. The summed E-state index contributed by atoms with van der Waals surface area (Å²) < 4.78 is 13.5. The Balaban J connectivity index is 1.47. The van der Waals surface area contributed by atoms with Crippen LogP contribution in [0, 0.1) is 17.2 Å². The Hall–Kier alpha value is -1.62. The number of benzene rings is 1. The zero-order valence-corrected chi connectivity index (χ0v) is 17.7. The maximum atomic E-state index is 13.5. The van der Waals surface area contributed by atoms with Crippen molar-refractivity contribution in [3.63, 3.8) is 0 Å². The number of hydrogen-bond donors (Lipinski definition) is 0. The van der Waals surface area contributed by atoms with Gasteiger partial charge in [-0.05, 0) is 61.6 Å². The average molecular weight is 421 g/mol. The Kier molecular flexibility index (Phi) is 6.14. The standard InChI is InChI=1S/C23H30ClFN2O2/c24-19-14-17(6-8-20(19)25)22(29)27-15-18(23(16-27)10-2-1-3-11-23)7-9-21(28)26-12-4-5-13-26/h6,8,14,18H,1-5,7,9-13,15-16H2. The zero-order valence-electron chi connectivity index (χ0n) is 17.0. The van der Waals surface area contributed by atoms with Crippen molar-refractivity contribution in [1.82, 2.24) is 9.80 Å². The van der Waals surface area contributed by atoms with Crippen LogP contribution in [0.25, 0.3) is 0 Å². The first-order chi connectivity index (χ1) is 14.0. The monoisotopic (exact) mass is 420 g/mol. The molecule has 6 heteroatoms. The van der Waals surface area contributed by atoms with Crippen molar-refractivity contribution in [2.24, 2.45) is 11.3 Å². The van der Waals surface area contributed by atoms with Gasteiger partial charge in [0.2, 0.25) is 5.91 Å². The Morgan fingerprint density at radius 2 is 1.79 bits per heavy atom. The largest absolute Gasteiger partial charge is 0.343 e. The van der Waals surface area contributed by atoms with E-state index in [4.69, 9.17) is 11.6 Å². The number of carbonyl (C=O) groups is 2. The third kappa shape index (κ3) is 4.30. The number of carbonyl (C=O) groups excluding carboxylic acids is 2. The Morgan fingerprint density at radius 1 is 1.07 bits per heavy atom. The lowest BCUT2D eigenvalue weighted by Gasteiger charge is -2.38. The van der Waals surface area contributed by atoms with Crippen LogP contribution in [-0.2, 0) is 4.79 Å². The lowest BCUT2D eigenvalue weighted by Crippen LogP contribution is -2.35. The summed E-state index contributed by atoms with van der Waals surface area (Å²) in [5.74, 6) is 0.0367. The molecule has 2 aliphatic heterocycles. The second-order valence-corrected chi connectivity index (χ2v) is 9.47. The van der Waals surface area contributed by atoms with E-state index in [0.717, 1.165) is 51.7 Å². The van der Waals surface area contributed by atoms with Crippen molar-refractivity contribution in [3.05, 3.63) is 34.6 Å². The molecule has 1 aliphatic carbocycles. The van der Waals surface area contributed by atoms with E-state index in [1.54, 1.807) is 0 Å². The minimum atomic E-state index is -0.508. The molecule has 4 rings (SSSR count). The van der Waals surface area contributed by atoms with E-state index in [0.29, 0.717) is 24.4 Å². The first-order valence-electron chi connectivity index (χ1n) is 11.0. The minimum Gasteiger partial charge on any atom is -0.343 e. The maximum absolute atomic E-state index is 13.5. The summed E-state index contributed by atoms with van der Waals surface area (Å²) in [4.78, 5) is 29.6. The first kappa shape index (κ1) is 20.6. The molecule has 4 nitrogen and oxygen atoms in total. The number of amides is 2. The quantitative estimate of drug-likeness (QED) is 0.694. The highest BCUT2D eigenvalue weighted by Gasteiger charge is 2.48. The molecule has 1 saturated carbocycles. The summed E-state index contributed by atoms with van der Waals surface area (Å²) in [6, 6.07) is 4.20. The fraction of sp³-hybridized carbons (Fsp3) is 0.652. The van der Waals surface area contributed by atoms with Gasteiger partial charge in [0, 0.05) is 38.2 Å². The van der Waals surface area contributed by atoms with Gasteiger partial charge in [-0.25, -0.2) is 4.39 Å². The van der Waals surface area contributed by atoms with E-state index >= 15 is 0 Å². The van der Waals surface area contributed by atoms with Crippen LogP contribution in [0.5, 0.6) is 0 Å². The van der Waals surface area contributed by atoms with Gasteiger partial charge in [0.05, 0.1) is 5.02 Å².